The SMILES string of the molecule is O=C(CN1NC2C(=O)N(c3ccc(Br)cc3)C=CN2C1=O)Nc1cc(F)ccc1F. The number of benzene rings is 2. The molecule has 11 heteroatoms. The molecule has 1 atom stereocenters. The number of nitrogens with zero attached hydrogens (tertiary/aromatic N) is 3. The molecule has 8 nitrogen and oxygen atoms in total. The van der Waals surface area contributed by atoms with Crippen molar-refractivity contribution >= 4 is 45.2 Å². The first-order valence-corrected chi connectivity index (χ1v) is 9.50. The van der Waals surface area contributed by atoms with Crippen LogP contribution in [-0.2, 0) is 9.59 Å². The van der Waals surface area contributed by atoms with Crippen molar-refractivity contribution < 1.29 is 23.2 Å². The van der Waals surface area contributed by atoms with Gasteiger partial charge in [0.15, 0.2) is 6.17 Å². The van der Waals surface area contributed by atoms with Crippen LogP contribution < -0.4 is 15.6 Å². The zero-order chi connectivity index (χ0) is 21.4. The summed E-state index contributed by atoms with van der Waals surface area (Å²) in [4.78, 5) is 40.1. The third kappa shape index (κ3) is 3.76. The second kappa shape index (κ2) is 7.84. The second-order valence-corrected chi connectivity index (χ2v) is 7.38. The van der Waals surface area contributed by atoms with E-state index in [1.165, 1.54) is 17.3 Å². The number of halogens is 3. The van der Waals surface area contributed by atoms with Crippen LogP contribution in [-0.4, -0.2) is 40.5 Å². The van der Waals surface area contributed by atoms with Crippen molar-refractivity contribution in [1.82, 2.24) is 15.3 Å². The summed E-state index contributed by atoms with van der Waals surface area (Å²) in [6, 6.07) is 9.02. The Hall–Kier alpha value is -3.31. The highest BCUT2D eigenvalue weighted by Gasteiger charge is 2.44. The molecule has 0 spiro atoms. The van der Waals surface area contributed by atoms with Crippen molar-refractivity contribution in [2.24, 2.45) is 0 Å². The van der Waals surface area contributed by atoms with Gasteiger partial charge in [-0.15, -0.1) is 0 Å². The van der Waals surface area contributed by atoms with Crippen LogP contribution >= 0.6 is 15.9 Å². The summed E-state index contributed by atoms with van der Waals surface area (Å²) in [7, 11) is 0. The summed E-state index contributed by atoms with van der Waals surface area (Å²) in [5, 5.41) is 3.14. The molecular formula is C19H14BrF2N5O3. The van der Waals surface area contributed by atoms with E-state index in [0.29, 0.717) is 5.69 Å². The highest BCUT2D eigenvalue weighted by atomic mass is 79.9. The quantitative estimate of drug-likeness (QED) is 0.708. The number of rotatable bonds is 4. The number of nitrogens with one attached hydrogen (secondary N) is 2. The van der Waals surface area contributed by atoms with E-state index in [-0.39, 0.29) is 5.69 Å². The van der Waals surface area contributed by atoms with Crippen molar-refractivity contribution in [3.63, 3.8) is 0 Å². The van der Waals surface area contributed by atoms with Crippen LogP contribution in [0.2, 0.25) is 0 Å². The summed E-state index contributed by atoms with van der Waals surface area (Å²) < 4.78 is 27.8. The van der Waals surface area contributed by atoms with Crippen molar-refractivity contribution in [3.05, 3.63) is 71.0 Å². The van der Waals surface area contributed by atoms with E-state index in [4.69, 9.17) is 0 Å². The lowest BCUT2D eigenvalue weighted by atomic mass is 10.2. The van der Waals surface area contributed by atoms with Gasteiger partial charge in [0.25, 0.3) is 5.91 Å². The molecule has 1 saturated heterocycles. The van der Waals surface area contributed by atoms with E-state index in [1.54, 1.807) is 24.3 Å². The van der Waals surface area contributed by atoms with Crippen LogP contribution in [0.5, 0.6) is 0 Å². The summed E-state index contributed by atoms with van der Waals surface area (Å²) in [5.41, 5.74) is 2.93. The highest BCUT2D eigenvalue weighted by Crippen LogP contribution is 2.25. The Kier molecular flexibility index (Phi) is 5.22. The van der Waals surface area contributed by atoms with E-state index >= 15 is 0 Å². The molecule has 0 saturated carbocycles. The predicted molar refractivity (Wildman–Crippen MR) is 107 cm³/mol. The van der Waals surface area contributed by atoms with Gasteiger partial charge < -0.3 is 5.32 Å². The molecule has 1 unspecified atom stereocenters. The maximum Gasteiger partial charge on any atom is 0.340 e. The zero-order valence-electron chi connectivity index (χ0n) is 15.2. The molecule has 0 aromatic heterocycles. The summed E-state index contributed by atoms with van der Waals surface area (Å²) >= 11 is 3.32. The van der Waals surface area contributed by atoms with Gasteiger partial charge in [0.2, 0.25) is 5.91 Å². The molecule has 1 fully saturated rings. The first kappa shape index (κ1) is 20.0. The number of anilines is 2. The van der Waals surface area contributed by atoms with Gasteiger partial charge in [0.05, 0.1) is 5.69 Å². The largest absolute Gasteiger partial charge is 0.340 e. The van der Waals surface area contributed by atoms with Gasteiger partial charge >= 0.3 is 6.03 Å². The van der Waals surface area contributed by atoms with Crippen molar-refractivity contribution in [2.45, 2.75) is 6.17 Å². The number of urea groups is 1. The third-order valence-electron chi connectivity index (χ3n) is 4.46. The summed E-state index contributed by atoms with van der Waals surface area (Å²) in [6.45, 7) is -0.513. The molecule has 2 N–H and O–H groups in total. The molecule has 0 aliphatic carbocycles. The molecular weight excluding hydrogens is 464 g/mol. The van der Waals surface area contributed by atoms with E-state index in [0.717, 1.165) is 32.6 Å². The second-order valence-electron chi connectivity index (χ2n) is 6.46. The monoisotopic (exact) mass is 477 g/mol. The molecule has 2 aliphatic heterocycles. The predicted octanol–water partition coefficient (Wildman–Crippen LogP) is 2.75. The van der Waals surface area contributed by atoms with E-state index in [9.17, 15) is 23.2 Å². The molecule has 0 radical (unpaired) electrons. The number of carbonyl (C=O) groups excluding carboxylic acids is 3. The van der Waals surface area contributed by atoms with Gasteiger partial charge in [-0.1, -0.05) is 15.9 Å². The average molecular weight is 478 g/mol. The fourth-order valence-corrected chi connectivity index (χ4v) is 3.30. The van der Waals surface area contributed by atoms with Crippen LogP contribution in [0.15, 0.2) is 59.3 Å². The Balaban J connectivity index is 1.45. The molecule has 154 valence electrons. The lowest BCUT2D eigenvalue weighted by Gasteiger charge is -2.29. The van der Waals surface area contributed by atoms with Gasteiger partial charge in [-0.2, -0.15) is 5.43 Å². The van der Waals surface area contributed by atoms with Crippen LogP contribution in [0.4, 0.5) is 25.0 Å². The van der Waals surface area contributed by atoms with Gasteiger partial charge in [0, 0.05) is 28.6 Å². The maximum absolute atomic E-state index is 13.7. The Morgan fingerprint density at radius 2 is 1.83 bits per heavy atom. The smallest absolute Gasteiger partial charge is 0.322 e. The minimum atomic E-state index is -1.04. The highest BCUT2D eigenvalue weighted by molar-refractivity contribution is 9.10. The topological polar surface area (TPSA) is 85.0 Å². The molecule has 2 heterocycles. The van der Waals surface area contributed by atoms with E-state index in [1.807, 2.05) is 0 Å². The standard InChI is InChI=1S/C19H14BrF2N5O3/c20-11-1-4-13(5-2-11)25-7-8-26-17(18(25)29)24-27(19(26)30)10-16(28)23-15-9-12(21)3-6-14(15)22/h1-9,17,24H,10H2,(H,23,28). The van der Waals surface area contributed by atoms with Gasteiger partial charge in [-0.3, -0.25) is 19.4 Å². The number of hydrogen-bond donors (Lipinski definition) is 2. The lowest BCUT2D eigenvalue weighted by molar-refractivity contribution is -0.123. The fraction of sp³-hybridized carbons (Fsp3) is 0.105. The third-order valence-corrected chi connectivity index (χ3v) is 4.99. The van der Waals surface area contributed by atoms with Crippen molar-refractivity contribution in [1.29, 1.82) is 0 Å². The first-order valence-electron chi connectivity index (χ1n) is 8.71. The van der Waals surface area contributed by atoms with Gasteiger partial charge in [0.1, 0.15) is 18.2 Å². The molecule has 30 heavy (non-hydrogen) atoms. The number of hydrazine groups is 1. The summed E-state index contributed by atoms with van der Waals surface area (Å²) in [5.74, 6) is -2.72. The van der Waals surface area contributed by atoms with Crippen molar-refractivity contribution in [3.8, 4) is 0 Å². The van der Waals surface area contributed by atoms with E-state index in [2.05, 4.69) is 26.7 Å². The molecule has 4 rings (SSSR count). The molecule has 2 aliphatic rings. The van der Waals surface area contributed by atoms with Gasteiger partial charge in [-0.05, 0) is 36.4 Å². The molecule has 2 aromatic carbocycles. The Morgan fingerprint density at radius 3 is 2.57 bits per heavy atom. The number of hydrogen-bond acceptors (Lipinski definition) is 4. The normalized spacial score (nSPS) is 18.1. The fourth-order valence-electron chi connectivity index (χ4n) is 3.04. The van der Waals surface area contributed by atoms with Crippen LogP contribution in [0, 0.1) is 11.6 Å². The Bertz CT molecular complexity index is 1060. The Morgan fingerprint density at radius 1 is 1.10 bits per heavy atom. The zero-order valence-corrected chi connectivity index (χ0v) is 16.8. The van der Waals surface area contributed by atoms with E-state index < -0.39 is 42.2 Å². The first-order chi connectivity index (χ1) is 14.3. The number of fused-ring (bicyclic) bond motifs is 1. The molecule has 0 bridgehead atoms. The molecule has 2 aromatic rings. The van der Waals surface area contributed by atoms with Crippen LogP contribution in [0.25, 0.3) is 0 Å². The van der Waals surface area contributed by atoms with Crippen LogP contribution in [0.1, 0.15) is 0 Å². The minimum absolute atomic E-state index is 0.346. The lowest BCUT2D eigenvalue weighted by Crippen LogP contribution is -2.52. The Labute approximate surface area is 177 Å². The van der Waals surface area contributed by atoms with Crippen molar-refractivity contribution in [2.75, 3.05) is 16.8 Å². The summed E-state index contributed by atoms with van der Waals surface area (Å²) in [6.07, 6.45) is 1.84. The molecule has 4 amide bonds. The maximum atomic E-state index is 13.7. The minimum Gasteiger partial charge on any atom is -0.322 e. The van der Waals surface area contributed by atoms with Gasteiger partial charge in [-0.25, -0.2) is 18.6 Å². The average Bonchev–Trinajstić information content (AvgIpc) is 3.02. The number of carbonyl (C=O) groups is 3. The number of amides is 4. The van der Waals surface area contributed by atoms with Crippen LogP contribution in [0.3, 0.4) is 0 Å².